The Morgan fingerprint density at radius 2 is 1.10 bits per heavy atom. The van der Waals surface area contributed by atoms with Gasteiger partial charge in [0.15, 0.2) is 0 Å². The maximum atomic E-state index is 14.7. The Hall–Kier alpha value is -7.29. The zero-order valence-electron chi connectivity index (χ0n) is 48.4. The minimum Gasteiger partial charge on any atom is -0.461 e. The first-order valence-corrected chi connectivity index (χ1v) is 28.4. The summed E-state index contributed by atoms with van der Waals surface area (Å²) in [5.41, 5.74) is 12.2. The highest BCUT2D eigenvalue weighted by Gasteiger charge is 2.32. The monoisotopic (exact) mass is 1070 g/mol. The molecule has 79 heavy (non-hydrogen) atoms. The second-order valence-electron chi connectivity index (χ2n) is 22.8. The molecule has 0 bridgehead atoms. The molecule has 0 unspecified atom stereocenters. The van der Waals surface area contributed by atoms with Gasteiger partial charge >= 0.3 is 0 Å². The molecule has 4 N–H and O–H groups in total. The van der Waals surface area contributed by atoms with E-state index in [0.29, 0.717) is 59.1 Å². The van der Waals surface area contributed by atoms with Gasteiger partial charge in [0.1, 0.15) is 11.5 Å². The van der Waals surface area contributed by atoms with Crippen LogP contribution in [0.15, 0.2) is 99.1 Å². The van der Waals surface area contributed by atoms with Gasteiger partial charge in [0.05, 0.1) is 5.52 Å². The first kappa shape index (κ1) is 56.4. The summed E-state index contributed by atoms with van der Waals surface area (Å²) in [6.45, 7) is 15.4. The van der Waals surface area contributed by atoms with E-state index in [0.717, 1.165) is 136 Å². The third kappa shape index (κ3) is 12.5. The lowest BCUT2D eigenvalue weighted by molar-refractivity contribution is 0.0942. The fraction of sp³-hybridized carbons (Fsp3) is 0.431. The van der Waals surface area contributed by atoms with Crippen molar-refractivity contribution in [1.29, 1.82) is 0 Å². The maximum Gasteiger partial charge on any atom is 0.253 e. The van der Waals surface area contributed by atoms with Crippen LogP contribution in [-0.2, 0) is 19.5 Å². The number of aromatic amines is 2. The number of pyridine rings is 3. The molecular formula is C65H81N9O5. The van der Waals surface area contributed by atoms with E-state index in [1.54, 1.807) is 0 Å². The largest absolute Gasteiger partial charge is 0.461 e. The first-order valence-electron chi connectivity index (χ1n) is 28.4. The molecular weight excluding hydrogens is 987 g/mol. The van der Waals surface area contributed by atoms with Crippen LogP contribution in [0.3, 0.4) is 0 Å². The summed E-state index contributed by atoms with van der Waals surface area (Å²) in [5.74, 6) is 0.974. The van der Waals surface area contributed by atoms with E-state index in [1.807, 2.05) is 90.2 Å². The van der Waals surface area contributed by atoms with Crippen molar-refractivity contribution < 1.29 is 14.0 Å². The van der Waals surface area contributed by atoms with Crippen LogP contribution in [0, 0.1) is 41.5 Å². The van der Waals surface area contributed by atoms with Crippen LogP contribution in [0.2, 0.25) is 0 Å². The van der Waals surface area contributed by atoms with E-state index in [4.69, 9.17) is 9.40 Å². The third-order valence-corrected chi connectivity index (χ3v) is 17.2. The Morgan fingerprint density at radius 1 is 0.608 bits per heavy atom. The average Bonchev–Trinajstić information content (AvgIpc) is 4.07. The number of benzene rings is 3. The number of hydrogen-bond acceptors (Lipinski definition) is 10. The fourth-order valence-corrected chi connectivity index (χ4v) is 12.6. The maximum absolute atomic E-state index is 14.7. The van der Waals surface area contributed by atoms with Gasteiger partial charge < -0.3 is 44.6 Å². The number of aromatic nitrogens is 3. The van der Waals surface area contributed by atoms with E-state index < -0.39 is 0 Å². The number of hydrogen-bond donors (Lipinski definition) is 4. The van der Waals surface area contributed by atoms with Gasteiger partial charge in [-0.3, -0.25) is 24.2 Å². The lowest BCUT2D eigenvalue weighted by Crippen LogP contribution is -2.43. The zero-order chi connectivity index (χ0) is 56.2. The number of furan rings is 1. The number of aryl methyl sites for hydroxylation is 4. The second kappa shape index (κ2) is 24.4. The predicted molar refractivity (Wildman–Crippen MR) is 320 cm³/mol. The van der Waals surface area contributed by atoms with Crippen molar-refractivity contribution >= 4 is 34.1 Å². The van der Waals surface area contributed by atoms with Crippen LogP contribution < -0.4 is 31.6 Å². The normalized spacial score (nSPS) is 17.6. The number of carbonyl (C=O) groups excluding carboxylic acids is 2. The molecule has 0 atom stereocenters. The van der Waals surface area contributed by atoms with Crippen molar-refractivity contribution in [1.82, 2.24) is 35.4 Å². The summed E-state index contributed by atoms with van der Waals surface area (Å²) in [4.78, 5) is 75.6. The molecule has 2 saturated carbocycles. The number of H-pyrrole nitrogens is 2. The lowest BCUT2D eigenvalue weighted by Gasteiger charge is -2.41. The summed E-state index contributed by atoms with van der Waals surface area (Å²) in [5, 5.41) is 7.24. The molecule has 0 saturated heterocycles. The topological polar surface area (TPSA) is 163 Å². The van der Waals surface area contributed by atoms with Crippen LogP contribution in [-0.4, -0.2) is 102 Å². The molecule has 0 aliphatic heterocycles. The number of fused-ring (bicyclic) bond motifs is 1. The molecule has 0 spiro atoms. The SMILES string of the molecule is CCN(c1cc(-c2ccc(CCN(c3cc(-c4cccc5cccnc45)cc(C(=O)NCc4c(C)cc(C)[nH]c4=O)c3C)C3CCC(N(C)C)CC3)o2)cc(C(=O)NCc2c(C)cc(C)[nH]c2=O)c1C)C1CCC(N(C)C)CC1. The molecule has 7 aromatic rings. The van der Waals surface area contributed by atoms with Crippen LogP contribution in [0.5, 0.6) is 0 Å². The van der Waals surface area contributed by atoms with Crippen molar-refractivity contribution in [2.75, 3.05) is 51.1 Å². The van der Waals surface area contributed by atoms with Crippen LogP contribution in [0.25, 0.3) is 33.4 Å². The standard InChI is InChI=1S/C65H81N9O5/c1-12-73(50-22-18-48(19-23-50)71(8)9)58-36-47(34-55(43(58)6)63(76)68-38-57-40(3)32-42(5)70-65(57)78)60-27-26-52(79-60)28-30-74(51-24-20-49(21-25-51)72(10)11)59-35-46(53-17-13-15-45-16-14-29-66-61(45)53)33-54(44(59)7)62(75)67-37-56-39(2)31-41(4)69-64(56)77/h13-17,26-27,29,31-36,48-51H,12,18-25,28,30,37-38H2,1-11H3,(H,67,75)(H,68,76)(H,69,77)(H,70,78). The lowest BCUT2D eigenvalue weighted by atomic mass is 9.88. The molecule has 2 fully saturated rings. The highest BCUT2D eigenvalue weighted by atomic mass is 16.3. The van der Waals surface area contributed by atoms with E-state index in [-0.39, 0.29) is 42.1 Å². The average molecular weight is 1070 g/mol. The van der Waals surface area contributed by atoms with E-state index in [1.165, 1.54) is 0 Å². The number of amides is 2. The minimum atomic E-state index is -0.257. The highest BCUT2D eigenvalue weighted by Crippen LogP contribution is 2.40. The smallest absolute Gasteiger partial charge is 0.253 e. The van der Waals surface area contributed by atoms with Crippen molar-refractivity contribution in [2.24, 2.45) is 0 Å². The molecule has 4 aromatic heterocycles. The molecule has 9 rings (SSSR count). The minimum absolute atomic E-state index is 0.0886. The number of nitrogens with zero attached hydrogens (tertiary/aromatic N) is 5. The molecule has 14 nitrogen and oxygen atoms in total. The van der Waals surface area contributed by atoms with Crippen molar-refractivity contribution in [2.45, 2.75) is 144 Å². The Bertz CT molecular complexity index is 3460. The molecule has 2 amide bonds. The quantitative estimate of drug-likeness (QED) is 0.0651. The summed E-state index contributed by atoms with van der Waals surface area (Å²) >= 11 is 0. The Morgan fingerprint density at radius 3 is 1.63 bits per heavy atom. The van der Waals surface area contributed by atoms with Gasteiger partial charge in [0.25, 0.3) is 22.9 Å². The van der Waals surface area contributed by atoms with Gasteiger partial charge in [-0.05, 0) is 210 Å². The molecule has 4 heterocycles. The number of carbonyl (C=O) groups is 2. The van der Waals surface area contributed by atoms with Gasteiger partial charge in [0.2, 0.25) is 0 Å². The van der Waals surface area contributed by atoms with Gasteiger partial charge in [-0.25, -0.2) is 0 Å². The first-order chi connectivity index (χ1) is 37.9. The van der Waals surface area contributed by atoms with E-state index >= 15 is 0 Å². The van der Waals surface area contributed by atoms with Crippen molar-refractivity contribution in [3.8, 4) is 22.5 Å². The molecule has 2 aliphatic carbocycles. The zero-order valence-corrected chi connectivity index (χ0v) is 48.4. The summed E-state index contributed by atoms with van der Waals surface area (Å²) in [6.07, 6.45) is 10.7. The van der Waals surface area contributed by atoms with Crippen LogP contribution >= 0.6 is 0 Å². The number of para-hydroxylation sites is 1. The van der Waals surface area contributed by atoms with E-state index in [9.17, 15) is 19.2 Å². The van der Waals surface area contributed by atoms with Gasteiger partial charge in [0, 0.05) is 124 Å². The van der Waals surface area contributed by atoms with Crippen LogP contribution in [0.1, 0.15) is 130 Å². The van der Waals surface area contributed by atoms with Gasteiger partial charge in [-0.2, -0.15) is 0 Å². The van der Waals surface area contributed by atoms with Crippen molar-refractivity contribution in [3.63, 3.8) is 0 Å². The van der Waals surface area contributed by atoms with E-state index in [2.05, 4.69) is 112 Å². The highest BCUT2D eigenvalue weighted by molar-refractivity contribution is 6.01. The van der Waals surface area contributed by atoms with Gasteiger partial charge in [-0.1, -0.05) is 24.3 Å². The predicted octanol–water partition coefficient (Wildman–Crippen LogP) is 10.9. The Balaban J connectivity index is 1.08. The molecule has 2 aliphatic rings. The Kier molecular flexibility index (Phi) is 17.4. The van der Waals surface area contributed by atoms with Crippen LogP contribution in [0.4, 0.5) is 11.4 Å². The molecule has 3 aromatic carbocycles. The molecule has 416 valence electrons. The Labute approximate surface area is 466 Å². The van der Waals surface area contributed by atoms with Gasteiger partial charge in [-0.15, -0.1) is 0 Å². The number of nitrogens with one attached hydrogen (secondary N) is 4. The third-order valence-electron chi connectivity index (χ3n) is 17.2. The number of rotatable bonds is 18. The summed E-state index contributed by atoms with van der Waals surface area (Å²) < 4.78 is 6.89. The summed E-state index contributed by atoms with van der Waals surface area (Å²) in [6, 6.07) is 28.0. The number of anilines is 2. The molecule has 14 heteroatoms. The molecule has 0 radical (unpaired) electrons. The summed E-state index contributed by atoms with van der Waals surface area (Å²) in [7, 11) is 8.66. The van der Waals surface area contributed by atoms with Crippen molar-refractivity contribution in [3.05, 3.63) is 167 Å². The fourth-order valence-electron chi connectivity index (χ4n) is 12.6. The second-order valence-corrected chi connectivity index (χ2v) is 22.8.